The molecule has 3 atom stereocenters. The second-order valence-corrected chi connectivity index (χ2v) is 9.74. The van der Waals surface area contributed by atoms with E-state index in [4.69, 9.17) is 27.9 Å². The van der Waals surface area contributed by atoms with Crippen molar-refractivity contribution >= 4 is 40.6 Å². The van der Waals surface area contributed by atoms with Gasteiger partial charge in [0.15, 0.2) is 5.78 Å². The van der Waals surface area contributed by atoms with E-state index >= 15 is 0 Å². The number of fused-ring (bicyclic) bond motifs is 4. The molecule has 1 N–H and O–H groups in total. The number of likely N-dealkylation sites (tertiary alicyclic amines) is 1. The molecule has 166 valence electrons. The zero-order valence-corrected chi connectivity index (χ0v) is 19.3. The molecule has 0 aromatic heterocycles. The van der Waals surface area contributed by atoms with Gasteiger partial charge in [-0.1, -0.05) is 59.6 Å². The lowest BCUT2D eigenvalue weighted by molar-refractivity contribution is -0.131. The third-order valence-corrected chi connectivity index (χ3v) is 8.06. The molecule has 3 heterocycles. The van der Waals surface area contributed by atoms with Crippen LogP contribution in [0.25, 0.3) is 0 Å². The third kappa shape index (κ3) is 2.47. The minimum atomic E-state index is -1.25. The first-order chi connectivity index (χ1) is 15.9. The van der Waals surface area contributed by atoms with Crippen LogP contribution in [0.3, 0.4) is 0 Å². The van der Waals surface area contributed by atoms with Gasteiger partial charge >= 0.3 is 0 Å². The van der Waals surface area contributed by atoms with E-state index in [-0.39, 0.29) is 18.3 Å². The van der Waals surface area contributed by atoms with Crippen LogP contribution in [0.1, 0.15) is 27.4 Å². The summed E-state index contributed by atoms with van der Waals surface area (Å²) >= 11 is 12.9. The van der Waals surface area contributed by atoms with Gasteiger partial charge in [-0.05, 0) is 42.9 Å². The molecular weight excluding hydrogens is 459 g/mol. The highest BCUT2D eigenvalue weighted by Gasteiger charge is 2.75. The summed E-state index contributed by atoms with van der Waals surface area (Å²) in [6.45, 7) is 0.499. The number of ether oxygens (including phenoxy) is 1. The molecule has 0 saturated carbocycles. The van der Waals surface area contributed by atoms with Crippen LogP contribution < -0.4 is 10.1 Å². The lowest BCUT2D eigenvalue weighted by atomic mass is 9.57. The van der Waals surface area contributed by atoms with Crippen LogP contribution in [0.5, 0.6) is 5.75 Å². The monoisotopic (exact) mass is 478 g/mol. The van der Waals surface area contributed by atoms with Gasteiger partial charge in [-0.15, -0.1) is 0 Å². The molecule has 0 aliphatic carbocycles. The number of benzene rings is 3. The molecule has 3 aliphatic rings. The summed E-state index contributed by atoms with van der Waals surface area (Å²) in [5.41, 5.74) is 0.264. The molecule has 6 rings (SSSR count). The van der Waals surface area contributed by atoms with Gasteiger partial charge in [0.05, 0.1) is 5.56 Å². The number of amides is 1. The van der Waals surface area contributed by atoms with E-state index in [0.29, 0.717) is 33.6 Å². The number of rotatable bonds is 1. The SMILES string of the molecule is CN1C[C@H](c2ccc(Cl)cc2Cl)[C@]2(COc3ccccc3C2=O)[C@@]12C(=O)Nc1ccccc12. The molecule has 2 spiro atoms. The Labute approximate surface area is 201 Å². The van der Waals surface area contributed by atoms with Gasteiger partial charge in [-0.25, -0.2) is 0 Å². The van der Waals surface area contributed by atoms with Crippen LogP contribution in [0.2, 0.25) is 10.0 Å². The lowest BCUT2D eigenvalue weighted by Gasteiger charge is -2.47. The number of nitrogens with one attached hydrogen (secondary N) is 1. The highest BCUT2D eigenvalue weighted by atomic mass is 35.5. The first-order valence-electron chi connectivity index (χ1n) is 10.7. The Balaban J connectivity index is 1.68. The van der Waals surface area contributed by atoms with Crippen molar-refractivity contribution in [2.75, 3.05) is 25.5 Å². The van der Waals surface area contributed by atoms with Crippen molar-refractivity contribution in [1.82, 2.24) is 4.90 Å². The van der Waals surface area contributed by atoms with Crippen LogP contribution in [0, 0.1) is 5.41 Å². The number of para-hydroxylation sites is 2. The third-order valence-electron chi connectivity index (χ3n) is 7.49. The Kier molecular flexibility index (Phi) is 4.44. The molecule has 7 heteroatoms. The maximum Gasteiger partial charge on any atom is 0.250 e. The molecule has 3 aliphatic heterocycles. The van der Waals surface area contributed by atoms with Gasteiger partial charge in [0.2, 0.25) is 0 Å². The summed E-state index contributed by atoms with van der Waals surface area (Å²) in [6, 6.07) is 20.1. The number of halogens is 2. The Morgan fingerprint density at radius 2 is 1.79 bits per heavy atom. The summed E-state index contributed by atoms with van der Waals surface area (Å²) in [6.07, 6.45) is 0. The second kappa shape index (κ2) is 7.07. The fourth-order valence-electron chi connectivity index (χ4n) is 6.18. The average Bonchev–Trinajstić information content (AvgIpc) is 3.25. The molecule has 33 heavy (non-hydrogen) atoms. The van der Waals surface area contributed by atoms with Gasteiger partial charge in [-0.2, -0.15) is 0 Å². The summed E-state index contributed by atoms with van der Waals surface area (Å²) in [5, 5.41) is 4.01. The molecule has 1 fully saturated rings. The van der Waals surface area contributed by atoms with Crippen LogP contribution in [-0.2, 0) is 10.3 Å². The molecule has 0 radical (unpaired) electrons. The Hall–Kier alpha value is -2.86. The quantitative estimate of drug-likeness (QED) is 0.526. The van der Waals surface area contributed by atoms with Gasteiger partial charge in [0, 0.05) is 33.8 Å². The van der Waals surface area contributed by atoms with Crippen LogP contribution in [0.4, 0.5) is 5.69 Å². The van der Waals surface area contributed by atoms with E-state index in [1.54, 1.807) is 24.3 Å². The molecule has 1 amide bonds. The van der Waals surface area contributed by atoms with Crippen LogP contribution in [0.15, 0.2) is 66.7 Å². The number of hydrogen-bond acceptors (Lipinski definition) is 4. The average molecular weight is 479 g/mol. The van der Waals surface area contributed by atoms with Gasteiger partial charge in [-0.3, -0.25) is 14.5 Å². The maximum absolute atomic E-state index is 14.5. The number of Topliss-reactive ketones (excluding diaryl/α,β-unsaturated/α-hetero) is 1. The highest BCUT2D eigenvalue weighted by Crippen LogP contribution is 2.65. The second-order valence-electron chi connectivity index (χ2n) is 8.89. The minimum Gasteiger partial charge on any atom is -0.492 e. The predicted molar refractivity (Wildman–Crippen MR) is 127 cm³/mol. The van der Waals surface area contributed by atoms with E-state index < -0.39 is 16.9 Å². The zero-order chi connectivity index (χ0) is 23.0. The number of carbonyl (C=O) groups is 2. The van der Waals surface area contributed by atoms with Crippen molar-refractivity contribution in [1.29, 1.82) is 0 Å². The number of ketones is 1. The Morgan fingerprint density at radius 1 is 1.03 bits per heavy atom. The topological polar surface area (TPSA) is 58.6 Å². The number of nitrogens with zero attached hydrogens (tertiary/aromatic N) is 1. The minimum absolute atomic E-state index is 0.0541. The largest absolute Gasteiger partial charge is 0.492 e. The van der Waals surface area contributed by atoms with Crippen molar-refractivity contribution in [3.05, 3.63) is 93.5 Å². The van der Waals surface area contributed by atoms with Crippen LogP contribution >= 0.6 is 23.2 Å². The summed E-state index contributed by atoms with van der Waals surface area (Å²) < 4.78 is 6.25. The van der Waals surface area contributed by atoms with Crippen molar-refractivity contribution < 1.29 is 14.3 Å². The molecule has 0 unspecified atom stereocenters. The van der Waals surface area contributed by atoms with Crippen molar-refractivity contribution in [3.63, 3.8) is 0 Å². The number of hydrogen-bond donors (Lipinski definition) is 1. The number of anilines is 1. The molecule has 0 bridgehead atoms. The first kappa shape index (κ1) is 20.7. The lowest BCUT2D eigenvalue weighted by Crippen LogP contribution is -2.62. The first-order valence-corrected chi connectivity index (χ1v) is 11.5. The van der Waals surface area contributed by atoms with Crippen LogP contribution in [-0.4, -0.2) is 36.8 Å². The molecule has 3 aromatic carbocycles. The van der Waals surface area contributed by atoms with Gasteiger partial charge in [0.25, 0.3) is 5.91 Å². The van der Waals surface area contributed by atoms with E-state index in [1.807, 2.05) is 54.4 Å². The van der Waals surface area contributed by atoms with E-state index in [9.17, 15) is 9.59 Å². The Bertz CT molecular complexity index is 1340. The fraction of sp³-hybridized carbons (Fsp3) is 0.231. The maximum atomic E-state index is 14.5. The highest BCUT2D eigenvalue weighted by molar-refractivity contribution is 6.35. The number of likely N-dealkylation sites (N-methyl/N-ethyl adjacent to an activating group) is 1. The molecule has 5 nitrogen and oxygen atoms in total. The molecule has 1 saturated heterocycles. The van der Waals surface area contributed by atoms with Crippen molar-refractivity contribution in [2.45, 2.75) is 11.5 Å². The van der Waals surface area contributed by atoms with Gasteiger partial charge < -0.3 is 10.1 Å². The molecular formula is C26H20Cl2N2O3. The summed E-state index contributed by atoms with van der Waals surface area (Å²) in [7, 11) is 1.89. The smallest absolute Gasteiger partial charge is 0.250 e. The van der Waals surface area contributed by atoms with E-state index in [0.717, 1.165) is 11.1 Å². The number of carbonyl (C=O) groups excluding carboxylic acids is 2. The normalized spacial score (nSPS) is 28.0. The summed E-state index contributed by atoms with van der Waals surface area (Å²) in [5.74, 6) is -0.206. The predicted octanol–water partition coefficient (Wildman–Crippen LogP) is 5.13. The van der Waals surface area contributed by atoms with E-state index in [1.165, 1.54) is 0 Å². The van der Waals surface area contributed by atoms with Gasteiger partial charge in [0.1, 0.15) is 23.3 Å². The summed E-state index contributed by atoms with van der Waals surface area (Å²) in [4.78, 5) is 30.4. The van der Waals surface area contributed by atoms with E-state index in [2.05, 4.69) is 5.32 Å². The Morgan fingerprint density at radius 3 is 2.61 bits per heavy atom. The zero-order valence-electron chi connectivity index (χ0n) is 17.8. The fourth-order valence-corrected chi connectivity index (χ4v) is 6.72. The molecule has 3 aromatic rings. The van der Waals surface area contributed by atoms with Crippen molar-refractivity contribution in [3.8, 4) is 5.75 Å². The van der Waals surface area contributed by atoms with Crippen molar-refractivity contribution in [2.24, 2.45) is 5.41 Å². The standard InChI is InChI=1S/C26H20Cl2N2O3/c1-30-13-19(16-11-10-15(27)12-20(16)28)25(14-33-22-9-5-2-6-17(22)23(25)31)26(30)18-7-3-4-8-21(18)29-24(26)32/h2-12,19H,13-14H2,1H3,(H,29,32)/t19-,25+,26-/m1/s1.